The summed E-state index contributed by atoms with van der Waals surface area (Å²) in [5.41, 5.74) is 8.02. The minimum absolute atomic E-state index is 0.461. The largest absolute Gasteiger partial charge is 0.399 e. The van der Waals surface area contributed by atoms with Gasteiger partial charge in [0.05, 0.1) is 5.52 Å². The lowest BCUT2D eigenvalue weighted by Gasteiger charge is -2.18. The summed E-state index contributed by atoms with van der Waals surface area (Å²) < 4.78 is 0. The Labute approximate surface area is 114 Å². The molecule has 0 aliphatic heterocycles. The highest BCUT2D eigenvalue weighted by atomic mass is 15.0. The topological polar surface area (TPSA) is 50.9 Å². The van der Waals surface area contributed by atoms with E-state index in [1.165, 1.54) is 19.3 Å². The van der Waals surface area contributed by atoms with Crippen LogP contribution in [0.1, 0.15) is 33.1 Å². The van der Waals surface area contributed by atoms with Crippen molar-refractivity contribution in [2.75, 3.05) is 11.1 Å². The quantitative estimate of drug-likeness (QED) is 0.802. The summed E-state index contributed by atoms with van der Waals surface area (Å²) in [6.45, 7) is 4.68. The van der Waals surface area contributed by atoms with Crippen LogP contribution < -0.4 is 11.1 Å². The first-order chi connectivity index (χ1) is 9.02. The zero-order valence-corrected chi connectivity index (χ0v) is 11.6. The first-order valence-electron chi connectivity index (χ1n) is 6.95. The fourth-order valence-electron chi connectivity index (χ4n) is 2.99. The van der Waals surface area contributed by atoms with E-state index in [9.17, 15) is 0 Å². The van der Waals surface area contributed by atoms with Crippen molar-refractivity contribution < 1.29 is 0 Å². The molecular formula is C16H21N3. The molecule has 0 saturated heterocycles. The molecule has 0 spiro atoms. The third kappa shape index (κ3) is 2.65. The van der Waals surface area contributed by atoms with E-state index in [0.717, 1.165) is 22.4 Å². The van der Waals surface area contributed by atoms with Gasteiger partial charge in [-0.25, -0.2) is 4.98 Å². The summed E-state index contributed by atoms with van der Waals surface area (Å²) in [6.07, 6.45) is 3.73. The molecule has 1 unspecified atom stereocenters. The number of fused-ring (bicyclic) bond motifs is 1. The van der Waals surface area contributed by atoms with Crippen molar-refractivity contribution in [2.24, 2.45) is 5.41 Å². The van der Waals surface area contributed by atoms with Crippen molar-refractivity contribution in [1.82, 2.24) is 4.98 Å². The number of nitrogens with zero attached hydrogens (tertiary/aromatic N) is 1. The highest BCUT2D eigenvalue weighted by molar-refractivity contribution is 5.83. The van der Waals surface area contributed by atoms with Crippen LogP contribution in [0.2, 0.25) is 0 Å². The van der Waals surface area contributed by atoms with E-state index in [1.807, 2.05) is 24.3 Å². The van der Waals surface area contributed by atoms with Gasteiger partial charge in [-0.05, 0) is 55.0 Å². The Kier molecular flexibility index (Phi) is 2.85. The second-order valence-electron chi connectivity index (χ2n) is 6.40. The molecule has 3 rings (SSSR count). The Morgan fingerprint density at radius 3 is 2.84 bits per heavy atom. The molecule has 3 nitrogen and oxygen atoms in total. The maximum absolute atomic E-state index is 5.78. The molecule has 2 aromatic rings. The number of nitrogens with two attached hydrogens (primary N) is 1. The first-order valence-corrected chi connectivity index (χ1v) is 6.95. The molecule has 100 valence electrons. The number of anilines is 2. The minimum Gasteiger partial charge on any atom is -0.399 e. The molecule has 0 bridgehead atoms. The van der Waals surface area contributed by atoms with Crippen LogP contribution in [-0.2, 0) is 0 Å². The Morgan fingerprint density at radius 1 is 1.26 bits per heavy atom. The van der Waals surface area contributed by atoms with Crippen molar-refractivity contribution in [3.63, 3.8) is 0 Å². The lowest BCUT2D eigenvalue weighted by molar-refractivity contribution is 0.378. The molecule has 1 heterocycles. The number of hydrogen-bond donors (Lipinski definition) is 2. The molecule has 1 aromatic carbocycles. The lowest BCUT2D eigenvalue weighted by Crippen LogP contribution is -2.18. The van der Waals surface area contributed by atoms with Crippen LogP contribution >= 0.6 is 0 Å². The molecule has 3 heteroatoms. The highest BCUT2D eigenvalue weighted by Crippen LogP contribution is 2.38. The van der Waals surface area contributed by atoms with Crippen LogP contribution in [0.3, 0.4) is 0 Å². The van der Waals surface area contributed by atoms with Crippen LogP contribution in [0.5, 0.6) is 0 Å². The van der Waals surface area contributed by atoms with Gasteiger partial charge in [-0.3, -0.25) is 0 Å². The Bertz CT molecular complexity index is 604. The number of hydrogen-bond acceptors (Lipinski definition) is 3. The Morgan fingerprint density at radius 2 is 2.11 bits per heavy atom. The molecule has 1 saturated carbocycles. The Balaban J connectivity index is 1.80. The molecule has 1 aliphatic rings. The van der Waals surface area contributed by atoms with Crippen molar-refractivity contribution in [3.8, 4) is 0 Å². The zero-order chi connectivity index (χ0) is 13.5. The van der Waals surface area contributed by atoms with Gasteiger partial charge in [-0.15, -0.1) is 0 Å². The van der Waals surface area contributed by atoms with E-state index in [1.54, 1.807) is 0 Å². The third-order valence-corrected chi connectivity index (χ3v) is 4.03. The van der Waals surface area contributed by atoms with Gasteiger partial charge >= 0.3 is 0 Å². The van der Waals surface area contributed by atoms with Crippen molar-refractivity contribution in [1.29, 1.82) is 0 Å². The van der Waals surface area contributed by atoms with E-state index in [4.69, 9.17) is 5.73 Å². The maximum atomic E-state index is 5.78. The van der Waals surface area contributed by atoms with E-state index < -0.39 is 0 Å². The number of aromatic nitrogens is 1. The molecule has 19 heavy (non-hydrogen) atoms. The predicted molar refractivity (Wildman–Crippen MR) is 81.2 cm³/mol. The van der Waals surface area contributed by atoms with Crippen molar-refractivity contribution in [2.45, 2.75) is 39.2 Å². The van der Waals surface area contributed by atoms with Crippen LogP contribution in [0, 0.1) is 5.41 Å². The van der Waals surface area contributed by atoms with Crippen molar-refractivity contribution in [3.05, 3.63) is 30.3 Å². The summed E-state index contributed by atoms with van der Waals surface area (Å²) in [5.74, 6) is 0.972. The standard InChI is InChI=1S/C16H21N3/c1-16(2)8-7-13(10-16)18-15-6-3-11-9-12(17)4-5-14(11)19-15/h3-6,9,13H,7-8,10,17H2,1-2H3,(H,18,19). The molecule has 1 atom stereocenters. The number of rotatable bonds is 2. The molecule has 1 fully saturated rings. The summed E-state index contributed by atoms with van der Waals surface area (Å²) in [7, 11) is 0. The number of pyridine rings is 1. The van der Waals surface area contributed by atoms with Crippen LogP contribution in [0.25, 0.3) is 10.9 Å². The fourth-order valence-corrected chi connectivity index (χ4v) is 2.99. The van der Waals surface area contributed by atoms with E-state index in [-0.39, 0.29) is 0 Å². The summed E-state index contributed by atoms with van der Waals surface area (Å²) >= 11 is 0. The predicted octanol–water partition coefficient (Wildman–Crippen LogP) is 3.81. The van der Waals surface area contributed by atoms with Crippen molar-refractivity contribution >= 4 is 22.4 Å². The number of benzene rings is 1. The minimum atomic E-state index is 0.461. The third-order valence-electron chi connectivity index (χ3n) is 4.03. The second kappa shape index (κ2) is 4.41. The van der Waals surface area contributed by atoms with E-state index >= 15 is 0 Å². The lowest BCUT2D eigenvalue weighted by atomic mass is 9.92. The molecule has 1 aromatic heterocycles. The SMILES string of the molecule is CC1(C)CCC(Nc2ccc3cc(N)ccc3n2)C1. The number of nitrogens with one attached hydrogen (secondary N) is 1. The molecule has 0 radical (unpaired) electrons. The first kappa shape index (κ1) is 12.3. The van der Waals surface area contributed by atoms with Crippen LogP contribution in [0.4, 0.5) is 11.5 Å². The van der Waals surface area contributed by atoms with Gasteiger partial charge in [0, 0.05) is 17.1 Å². The summed E-state index contributed by atoms with van der Waals surface area (Å²) in [5, 5.41) is 4.66. The second-order valence-corrected chi connectivity index (χ2v) is 6.40. The van der Waals surface area contributed by atoms with E-state index in [0.29, 0.717) is 11.5 Å². The van der Waals surface area contributed by atoms with Gasteiger partial charge in [-0.1, -0.05) is 13.8 Å². The smallest absolute Gasteiger partial charge is 0.126 e. The van der Waals surface area contributed by atoms with Gasteiger partial charge in [0.15, 0.2) is 0 Å². The average Bonchev–Trinajstić information content (AvgIpc) is 2.69. The van der Waals surface area contributed by atoms with Gasteiger partial charge in [0.2, 0.25) is 0 Å². The maximum Gasteiger partial charge on any atom is 0.126 e. The average molecular weight is 255 g/mol. The van der Waals surface area contributed by atoms with Gasteiger partial charge in [0.25, 0.3) is 0 Å². The van der Waals surface area contributed by atoms with E-state index in [2.05, 4.69) is 30.2 Å². The number of nitrogen functional groups attached to an aromatic ring is 1. The van der Waals surface area contributed by atoms with Gasteiger partial charge in [-0.2, -0.15) is 0 Å². The normalized spacial score (nSPS) is 21.7. The van der Waals surface area contributed by atoms with Gasteiger partial charge < -0.3 is 11.1 Å². The fraction of sp³-hybridized carbons (Fsp3) is 0.438. The Hall–Kier alpha value is -1.77. The molecule has 0 amide bonds. The summed E-state index contributed by atoms with van der Waals surface area (Å²) in [6, 6.07) is 10.5. The molecule has 3 N–H and O–H groups in total. The summed E-state index contributed by atoms with van der Waals surface area (Å²) in [4.78, 5) is 4.66. The highest BCUT2D eigenvalue weighted by Gasteiger charge is 2.30. The molecular weight excluding hydrogens is 234 g/mol. The van der Waals surface area contributed by atoms with Crippen LogP contribution in [-0.4, -0.2) is 11.0 Å². The zero-order valence-electron chi connectivity index (χ0n) is 11.6. The van der Waals surface area contributed by atoms with Gasteiger partial charge in [0.1, 0.15) is 5.82 Å². The monoisotopic (exact) mass is 255 g/mol. The molecule has 1 aliphatic carbocycles. The van der Waals surface area contributed by atoms with Crippen LogP contribution in [0.15, 0.2) is 30.3 Å².